The molecule has 0 amide bonds. The van der Waals surface area contributed by atoms with E-state index in [-0.39, 0.29) is 22.1 Å². The first-order valence-electron chi connectivity index (χ1n) is 4.67. The zero-order chi connectivity index (χ0) is 13.2. The van der Waals surface area contributed by atoms with Gasteiger partial charge in [0, 0.05) is 6.07 Å². The molecule has 2 aromatic heterocycles. The van der Waals surface area contributed by atoms with Crippen LogP contribution in [-0.2, 0) is 16.6 Å². The molecule has 18 heavy (non-hydrogen) atoms. The van der Waals surface area contributed by atoms with Crippen molar-refractivity contribution in [3.8, 4) is 0 Å². The highest BCUT2D eigenvalue weighted by molar-refractivity contribution is 9.10. The molecule has 0 unspecified atom stereocenters. The predicted octanol–water partition coefficient (Wildman–Crippen LogP) is 0.487. The molecule has 0 atom stereocenters. The fourth-order valence-electron chi connectivity index (χ4n) is 1.15. The summed E-state index contributed by atoms with van der Waals surface area (Å²) in [7, 11) is -3.84. The van der Waals surface area contributed by atoms with E-state index in [9.17, 15) is 8.42 Å². The van der Waals surface area contributed by atoms with Crippen molar-refractivity contribution in [3.05, 3.63) is 28.9 Å². The molecule has 0 fully saturated rings. The molecule has 2 heterocycles. The molecular formula is C8H8BrN5O3S. The number of hydrogen-bond acceptors (Lipinski definition) is 7. The summed E-state index contributed by atoms with van der Waals surface area (Å²) in [5, 5.41) is 7.04. The Hall–Kier alpha value is -1.52. The van der Waals surface area contributed by atoms with Crippen LogP contribution in [0.25, 0.3) is 0 Å². The van der Waals surface area contributed by atoms with Crippen molar-refractivity contribution >= 4 is 31.9 Å². The van der Waals surface area contributed by atoms with Crippen molar-refractivity contribution in [1.29, 1.82) is 0 Å². The predicted molar refractivity (Wildman–Crippen MR) is 64.9 cm³/mol. The van der Waals surface area contributed by atoms with Gasteiger partial charge in [-0.25, -0.2) is 18.1 Å². The Morgan fingerprint density at radius 3 is 2.78 bits per heavy atom. The van der Waals surface area contributed by atoms with Crippen molar-refractivity contribution in [3.63, 3.8) is 0 Å². The number of halogens is 1. The molecule has 2 rings (SSSR count). The molecule has 10 heteroatoms. The van der Waals surface area contributed by atoms with Gasteiger partial charge in [-0.3, -0.25) is 0 Å². The average Bonchev–Trinajstić information content (AvgIpc) is 2.72. The van der Waals surface area contributed by atoms with E-state index in [1.807, 2.05) is 0 Å². The van der Waals surface area contributed by atoms with E-state index in [1.165, 1.54) is 18.5 Å². The molecule has 3 N–H and O–H groups in total. The van der Waals surface area contributed by atoms with Crippen molar-refractivity contribution in [2.24, 2.45) is 5.73 Å². The van der Waals surface area contributed by atoms with E-state index in [1.54, 1.807) is 0 Å². The Balaban J connectivity index is 2.34. The van der Waals surface area contributed by atoms with Crippen molar-refractivity contribution in [2.45, 2.75) is 11.4 Å². The SMILES string of the molecule is NCc1cc(S(=O)(=O)Nc2nccnn2)c(Br)o1. The molecule has 0 spiro atoms. The van der Waals surface area contributed by atoms with Gasteiger partial charge < -0.3 is 10.2 Å². The third-order valence-corrected chi connectivity index (χ3v) is 4.09. The summed E-state index contributed by atoms with van der Waals surface area (Å²) in [6.45, 7) is 0.0948. The molecule has 0 saturated heterocycles. The maximum absolute atomic E-state index is 12.0. The van der Waals surface area contributed by atoms with Crippen LogP contribution in [0.3, 0.4) is 0 Å². The topological polar surface area (TPSA) is 124 Å². The van der Waals surface area contributed by atoms with Crippen LogP contribution in [0.15, 0.2) is 32.4 Å². The minimum Gasteiger partial charge on any atom is -0.452 e. The molecule has 0 aliphatic heterocycles. The highest BCUT2D eigenvalue weighted by Gasteiger charge is 2.23. The Morgan fingerprint density at radius 1 is 1.44 bits per heavy atom. The summed E-state index contributed by atoms with van der Waals surface area (Å²) < 4.78 is 31.3. The van der Waals surface area contributed by atoms with E-state index in [0.29, 0.717) is 5.76 Å². The summed E-state index contributed by atoms with van der Waals surface area (Å²) >= 11 is 3.01. The number of hydrogen-bond donors (Lipinski definition) is 2. The largest absolute Gasteiger partial charge is 0.452 e. The van der Waals surface area contributed by atoms with Crippen LogP contribution < -0.4 is 10.5 Å². The molecule has 2 aromatic rings. The van der Waals surface area contributed by atoms with Gasteiger partial charge in [-0.2, -0.15) is 5.10 Å². The van der Waals surface area contributed by atoms with Gasteiger partial charge in [-0.15, -0.1) is 5.10 Å². The van der Waals surface area contributed by atoms with Crippen molar-refractivity contribution in [1.82, 2.24) is 15.2 Å². The third kappa shape index (κ3) is 2.66. The third-order valence-electron chi connectivity index (χ3n) is 1.91. The molecule has 0 radical (unpaired) electrons. The number of sulfonamides is 1. The lowest BCUT2D eigenvalue weighted by atomic mass is 10.5. The lowest BCUT2D eigenvalue weighted by Crippen LogP contribution is -2.15. The fourth-order valence-corrected chi connectivity index (χ4v) is 3.10. The molecular weight excluding hydrogens is 326 g/mol. The lowest BCUT2D eigenvalue weighted by molar-refractivity contribution is 0.484. The Labute approximate surface area is 111 Å². The highest BCUT2D eigenvalue weighted by atomic mass is 79.9. The maximum Gasteiger partial charge on any atom is 0.268 e. The van der Waals surface area contributed by atoms with Crippen LogP contribution in [0.4, 0.5) is 5.95 Å². The van der Waals surface area contributed by atoms with Gasteiger partial charge in [-0.05, 0) is 15.9 Å². The average molecular weight is 334 g/mol. The van der Waals surface area contributed by atoms with Crippen LogP contribution in [0, 0.1) is 0 Å². The smallest absolute Gasteiger partial charge is 0.268 e. The molecule has 0 aliphatic carbocycles. The van der Waals surface area contributed by atoms with Crippen molar-refractivity contribution < 1.29 is 12.8 Å². The van der Waals surface area contributed by atoms with Crippen LogP contribution in [0.2, 0.25) is 0 Å². The highest BCUT2D eigenvalue weighted by Crippen LogP contribution is 2.26. The van der Waals surface area contributed by atoms with Gasteiger partial charge in [0.05, 0.1) is 18.9 Å². The van der Waals surface area contributed by atoms with E-state index in [0.717, 1.165) is 0 Å². The summed E-state index contributed by atoms with van der Waals surface area (Å²) in [5.74, 6) is 0.217. The molecule has 96 valence electrons. The maximum atomic E-state index is 12.0. The van der Waals surface area contributed by atoms with Gasteiger partial charge in [0.25, 0.3) is 16.0 Å². The summed E-state index contributed by atoms with van der Waals surface area (Å²) in [5.41, 5.74) is 5.36. The molecule has 0 saturated carbocycles. The number of anilines is 1. The van der Waals surface area contributed by atoms with Gasteiger partial charge in [0.1, 0.15) is 10.7 Å². The van der Waals surface area contributed by atoms with Crippen LogP contribution in [0.1, 0.15) is 5.76 Å². The van der Waals surface area contributed by atoms with Gasteiger partial charge in [0.15, 0.2) is 4.67 Å². The zero-order valence-electron chi connectivity index (χ0n) is 8.87. The Kier molecular flexibility index (Phi) is 3.59. The minimum atomic E-state index is -3.84. The van der Waals surface area contributed by atoms with E-state index >= 15 is 0 Å². The summed E-state index contributed by atoms with van der Waals surface area (Å²) in [6, 6.07) is 1.32. The first kappa shape index (κ1) is 12.9. The fraction of sp³-hybridized carbons (Fsp3) is 0.125. The first-order valence-corrected chi connectivity index (χ1v) is 6.95. The molecule has 0 bridgehead atoms. The van der Waals surface area contributed by atoms with Crippen LogP contribution in [-0.4, -0.2) is 23.6 Å². The monoisotopic (exact) mass is 333 g/mol. The van der Waals surface area contributed by atoms with Crippen molar-refractivity contribution in [2.75, 3.05) is 4.72 Å². The Morgan fingerprint density at radius 2 is 2.22 bits per heavy atom. The second-order valence-electron chi connectivity index (χ2n) is 3.13. The molecule has 0 aliphatic rings. The van der Waals surface area contributed by atoms with E-state index in [2.05, 4.69) is 35.8 Å². The van der Waals surface area contributed by atoms with Crippen LogP contribution >= 0.6 is 15.9 Å². The van der Waals surface area contributed by atoms with Gasteiger partial charge in [0.2, 0.25) is 0 Å². The van der Waals surface area contributed by atoms with Crippen LogP contribution in [0.5, 0.6) is 0 Å². The van der Waals surface area contributed by atoms with Gasteiger partial charge >= 0.3 is 0 Å². The molecule has 0 aromatic carbocycles. The standard InChI is InChI=1S/C8H8BrN5O3S/c9-7-6(3-5(4-10)17-7)18(15,16)14-8-11-1-2-12-13-8/h1-3H,4,10H2,(H,11,13,14). The number of rotatable bonds is 4. The first-order chi connectivity index (χ1) is 8.53. The quantitative estimate of drug-likeness (QED) is 0.833. The molecule has 8 nitrogen and oxygen atoms in total. The van der Waals surface area contributed by atoms with E-state index < -0.39 is 10.0 Å². The number of aromatic nitrogens is 3. The second-order valence-corrected chi connectivity index (χ2v) is 5.50. The Bertz CT molecular complexity index is 642. The zero-order valence-corrected chi connectivity index (χ0v) is 11.3. The number of nitrogens with two attached hydrogens (primary N) is 1. The lowest BCUT2D eigenvalue weighted by Gasteiger charge is -2.02. The summed E-state index contributed by atoms with van der Waals surface area (Å²) in [6.07, 6.45) is 2.65. The summed E-state index contributed by atoms with van der Waals surface area (Å²) in [4.78, 5) is 3.64. The second kappa shape index (κ2) is 5.00. The van der Waals surface area contributed by atoms with Gasteiger partial charge in [-0.1, -0.05) is 0 Å². The number of nitrogens with zero attached hydrogens (tertiary/aromatic N) is 3. The minimum absolute atomic E-state index is 0.0688. The number of nitrogens with one attached hydrogen (secondary N) is 1. The van der Waals surface area contributed by atoms with E-state index in [4.69, 9.17) is 10.2 Å². The number of furan rings is 1. The normalized spacial score (nSPS) is 11.4.